The van der Waals surface area contributed by atoms with Crippen LogP contribution in [0.5, 0.6) is 0 Å². The Kier molecular flexibility index (Phi) is 4.28. The van der Waals surface area contributed by atoms with Gasteiger partial charge in [0.1, 0.15) is 5.82 Å². The zero-order chi connectivity index (χ0) is 18.8. The van der Waals surface area contributed by atoms with Crippen molar-refractivity contribution in [2.75, 3.05) is 0 Å². The third kappa shape index (κ3) is 3.03. The normalized spacial score (nSPS) is 14.7. The molecule has 1 heterocycles. The predicted octanol–water partition coefficient (Wildman–Crippen LogP) is 5.27. The molecule has 3 heteroatoms. The molecule has 138 valence electrons. The fourth-order valence-electron chi connectivity index (χ4n) is 4.08. The van der Waals surface area contributed by atoms with E-state index in [-0.39, 0.29) is 5.41 Å². The molecule has 1 aromatic heterocycles. The summed E-state index contributed by atoms with van der Waals surface area (Å²) in [6.45, 7) is 0.880. The van der Waals surface area contributed by atoms with Crippen LogP contribution in [-0.2, 0) is 18.4 Å². The summed E-state index contributed by atoms with van der Waals surface area (Å²) in [6.07, 6.45) is 3.24. The van der Waals surface area contributed by atoms with E-state index in [9.17, 15) is 0 Å². The molecule has 0 amide bonds. The van der Waals surface area contributed by atoms with Gasteiger partial charge in [0.05, 0.1) is 5.41 Å². The molecule has 0 unspecified atom stereocenters. The van der Waals surface area contributed by atoms with Gasteiger partial charge in [-0.1, -0.05) is 91.0 Å². The summed E-state index contributed by atoms with van der Waals surface area (Å²) in [5.41, 5.74) is 3.82. The van der Waals surface area contributed by atoms with E-state index in [4.69, 9.17) is 5.10 Å². The Labute approximate surface area is 165 Å². The summed E-state index contributed by atoms with van der Waals surface area (Å²) < 4.78 is 2.35. The van der Waals surface area contributed by atoms with Gasteiger partial charge >= 0.3 is 0 Å². The van der Waals surface area contributed by atoms with Crippen LogP contribution in [-0.4, -0.2) is 14.8 Å². The molecule has 3 aromatic carbocycles. The monoisotopic (exact) mass is 365 g/mol. The Hall–Kier alpha value is -3.20. The number of hydrogen-bond donors (Lipinski definition) is 0. The first kappa shape index (κ1) is 16.9. The topological polar surface area (TPSA) is 30.7 Å². The molecule has 0 radical (unpaired) electrons. The fourth-order valence-corrected chi connectivity index (χ4v) is 4.08. The van der Waals surface area contributed by atoms with Gasteiger partial charge in [0.25, 0.3) is 0 Å². The highest BCUT2D eigenvalue weighted by Crippen LogP contribution is 2.53. The minimum Gasteiger partial charge on any atom is -0.310 e. The summed E-state index contributed by atoms with van der Waals surface area (Å²) in [5.74, 6) is 2.07. The quantitative estimate of drug-likeness (QED) is 0.466. The van der Waals surface area contributed by atoms with Crippen molar-refractivity contribution in [3.05, 3.63) is 108 Å². The second-order valence-corrected chi connectivity index (χ2v) is 7.55. The first-order valence-electron chi connectivity index (χ1n) is 9.95. The predicted molar refractivity (Wildman–Crippen MR) is 112 cm³/mol. The molecule has 0 spiro atoms. The van der Waals surface area contributed by atoms with Gasteiger partial charge in [0.2, 0.25) is 0 Å². The Balaban J connectivity index is 1.57. The highest BCUT2D eigenvalue weighted by Gasteiger charge is 2.50. The van der Waals surface area contributed by atoms with Crippen molar-refractivity contribution in [1.82, 2.24) is 14.8 Å². The number of nitrogens with zero attached hydrogens (tertiary/aromatic N) is 3. The molecule has 1 fully saturated rings. The maximum Gasteiger partial charge on any atom is 0.163 e. The second kappa shape index (κ2) is 7.08. The van der Waals surface area contributed by atoms with Crippen molar-refractivity contribution in [2.24, 2.45) is 0 Å². The van der Waals surface area contributed by atoms with Crippen LogP contribution < -0.4 is 0 Å². The van der Waals surface area contributed by atoms with E-state index in [1.54, 1.807) is 0 Å². The Morgan fingerprint density at radius 2 is 1.32 bits per heavy atom. The number of hydrogen-bond acceptors (Lipinski definition) is 2. The highest BCUT2D eigenvalue weighted by atomic mass is 15.3. The van der Waals surface area contributed by atoms with Crippen LogP contribution in [0.2, 0.25) is 0 Å². The Morgan fingerprint density at radius 3 is 1.96 bits per heavy atom. The molecule has 4 aromatic rings. The summed E-state index contributed by atoms with van der Waals surface area (Å²) in [7, 11) is 0. The van der Waals surface area contributed by atoms with Gasteiger partial charge in [-0.05, 0) is 30.4 Å². The van der Waals surface area contributed by atoms with Crippen molar-refractivity contribution in [1.29, 1.82) is 0 Å². The molecule has 0 aliphatic heterocycles. The summed E-state index contributed by atoms with van der Waals surface area (Å²) in [5, 5.41) is 9.37. The largest absolute Gasteiger partial charge is 0.310 e. The molecule has 0 atom stereocenters. The first-order valence-corrected chi connectivity index (χ1v) is 9.95. The Bertz CT molecular complexity index is 1050. The zero-order valence-electron chi connectivity index (χ0n) is 15.8. The van der Waals surface area contributed by atoms with E-state index in [0.717, 1.165) is 43.0 Å². The fraction of sp³-hybridized carbons (Fsp3) is 0.200. The molecule has 0 N–H and O–H groups in total. The molecular formula is C25H23N3. The maximum absolute atomic E-state index is 4.73. The van der Waals surface area contributed by atoms with Crippen molar-refractivity contribution >= 4 is 0 Å². The lowest BCUT2D eigenvalue weighted by molar-refractivity contribution is 0.614. The van der Waals surface area contributed by atoms with Gasteiger partial charge in [-0.3, -0.25) is 0 Å². The molecule has 1 saturated carbocycles. The van der Waals surface area contributed by atoms with E-state index < -0.39 is 0 Å². The van der Waals surface area contributed by atoms with Gasteiger partial charge in [-0.25, -0.2) is 0 Å². The van der Waals surface area contributed by atoms with Crippen molar-refractivity contribution in [3.8, 4) is 11.4 Å². The van der Waals surface area contributed by atoms with Gasteiger partial charge in [-0.15, -0.1) is 10.2 Å². The van der Waals surface area contributed by atoms with Crippen LogP contribution in [0.1, 0.15) is 29.8 Å². The van der Waals surface area contributed by atoms with Gasteiger partial charge in [0.15, 0.2) is 5.82 Å². The van der Waals surface area contributed by atoms with Crippen LogP contribution >= 0.6 is 0 Å². The molecule has 1 aliphatic carbocycles. The van der Waals surface area contributed by atoms with Crippen LogP contribution in [0.15, 0.2) is 91.0 Å². The standard InChI is InChI=1S/C25H23N3/c1-4-10-20(11-5-1)16-19-28-23(21-12-6-2-7-13-21)26-27-24(28)25(17-18-25)22-14-8-3-9-15-22/h1-15H,16-19H2. The lowest BCUT2D eigenvalue weighted by atomic mass is 9.95. The highest BCUT2D eigenvalue weighted by molar-refractivity contribution is 5.56. The van der Waals surface area contributed by atoms with Crippen LogP contribution in [0.4, 0.5) is 0 Å². The molecule has 28 heavy (non-hydrogen) atoms. The molecule has 0 saturated heterocycles. The lowest BCUT2D eigenvalue weighted by Crippen LogP contribution is -2.18. The number of rotatable bonds is 6. The van der Waals surface area contributed by atoms with Gasteiger partial charge < -0.3 is 4.57 Å². The molecule has 0 bridgehead atoms. The molecule has 1 aliphatic rings. The maximum atomic E-state index is 4.73. The smallest absolute Gasteiger partial charge is 0.163 e. The van der Waals surface area contributed by atoms with E-state index in [0.29, 0.717) is 0 Å². The van der Waals surface area contributed by atoms with Gasteiger partial charge in [-0.2, -0.15) is 0 Å². The zero-order valence-corrected chi connectivity index (χ0v) is 15.8. The molecular weight excluding hydrogens is 342 g/mol. The average Bonchev–Trinajstić information content (AvgIpc) is 3.47. The van der Waals surface area contributed by atoms with Crippen molar-refractivity contribution in [3.63, 3.8) is 0 Å². The van der Waals surface area contributed by atoms with E-state index in [1.165, 1.54) is 11.1 Å². The third-order valence-corrected chi connectivity index (χ3v) is 5.75. The molecule has 5 rings (SSSR count). The lowest BCUT2D eigenvalue weighted by Gasteiger charge is -2.18. The average molecular weight is 365 g/mol. The molecule has 3 nitrogen and oxygen atoms in total. The van der Waals surface area contributed by atoms with Crippen molar-refractivity contribution < 1.29 is 0 Å². The first-order chi connectivity index (χ1) is 13.9. The Morgan fingerprint density at radius 1 is 0.714 bits per heavy atom. The minimum atomic E-state index is 0.0119. The van der Waals surface area contributed by atoms with E-state index >= 15 is 0 Å². The van der Waals surface area contributed by atoms with Crippen LogP contribution in [0.3, 0.4) is 0 Å². The number of aromatic nitrogens is 3. The van der Waals surface area contributed by atoms with E-state index in [2.05, 4.69) is 94.6 Å². The third-order valence-electron chi connectivity index (χ3n) is 5.75. The minimum absolute atomic E-state index is 0.0119. The SMILES string of the molecule is c1ccc(CCn2c(-c3ccccc3)nnc2C2(c3ccccc3)CC2)cc1. The van der Waals surface area contributed by atoms with Crippen molar-refractivity contribution in [2.45, 2.75) is 31.2 Å². The number of aryl methyl sites for hydroxylation is 1. The van der Waals surface area contributed by atoms with Crippen LogP contribution in [0, 0.1) is 0 Å². The summed E-state index contributed by atoms with van der Waals surface area (Å²) >= 11 is 0. The van der Waals surface area contributed by atoms with E-state index in [1.807, 2.05) is 6.07 Å². The number of benzene rings is 3. The van der Waals surface area contributed by atoms with Gasteiger partial charge in [0, 0.05) is 12.1 Å². The second-order valence-electron chi connectivity index (χ2n) is 7.55. The summed E-state index contributed by atoms with van der Waals surface area (Å²) in [4.78, 5) is 0. The van der Waals surface area contributed by atoms with Crippen LogP contribution in [0.25, 0.3) is 11.4 Å². The summed E-state index contributed by atoms with van der Waals surface area (Å²) in [6, 6.07) is 31.8.